The molecule has 0 saturated carbocycles. The molecule has 2 heterocycles. The van der Waals surface area contributed by atoms with Crippen LogP contribution >= 0.6 is 35.0 Å². The van der Waals surface area contributed by atoms with Crippen molar-refractivity contribution in [2.75, 3.05) is 40.0 Å². The van der Waals surface area contributed by atoms with E-state index >= 15 is 0 Å². The summed E-state index contributed by atoms with van der Waals surface area (Å²) < 4.78 is 16.5. The van der Waals surface area contributed by atoms with Crippen molar-refractivity contribution in [2.24, 2.45) is 0 Å². The quantitative estimate of drug-likeness (QED) is 0.482. The first-order chi connectivity index (χ1) is 16.9. The van der Waals surface area contributed by atoms with Crippen molar-refractivity contribution in [1.82, 2.24) is 9.80 Å². The molecule has 11 heteroatoms. The lowest BCUT2D eigenvalue weighted by molar-refractivity contribution is -0.139. The Labute approximate surface area is 216 Å². The summed E-state index contributed by atoms with van der Waals surface area (Å²) >= 11 is 13.1. The van der Waals surface area contributed by atoms with Gasteiger partial charge in [0.05, 0.1) is 30.3 Å². The van der Waals surface area contributed by atoms with Crippen molar-refractivity contribution in [1.29, 1.82) is 0 Å². The van der Waals surface area contributed by atoms with Crippen LogP contribution in [-0.2, 0) is 20.9 Å². The van der Waals surface area contributed by atoms with E-state index in [0.717, 1.165) is 22.2 Å². The van der Waals surface area contributed by atoms with Crippen LogP contribution in [0.4, 0.5) is 4.79 Å². The van der Waals surface area contributed by atoms with Gasteiger partial charge in [0.1, 0.15) is 13.2 Å². The average molecular weight is 537 g/mol. The number of nitrogens with zero attached hydrogens (tertiary/aromatic N) is 2. The summed E-state index contributed by atoms with van der Waals surface area (Å²) in [6.45, 7) is 1.71. The molecular formula is C24H22Cl2N2O6S. The van der Waals surface area contributed by atoms with Crippen molar-refractivity contribution in [2.45, 2.75) is 6.61 Å². The summed E-state index contributed by atoms with van der Waals surface area (Å²) in [5.74, 6) is -0.0894. The minimum atomic E-state index is -0.528. The fourth-order valence-electron chi connectivity index (χ4n) is 3.54. The van der Waals surface area contributed by atoms with Crippen molar-refractivity contribution in [3.05, 3.63) is 62.5 Å². The van der Waals surface area contributed by atoms with Gasteiger partial charge in [-0.25, -0.2) is 0 Å². The average Bonchev–Trinajstić information content (AvgIpc) is 3.11. The van der Waals surface area contributed by atoms with E-state index in [0.29, 0.717) is 48.4 Å². The maximum atomic E-state index is 12.9. The zero-order valence-corrected chi connectivity index (χ0v) is 21.1. The van der Waals surface area contributed by atoms with Crippen molar-refractivity contribution in [3.8, 4) is 11.5 Å². The number of halogens is 2. The van der Waals surface area contributed by atoms with Crippen LogP contribution in [-0.4, -0.2) is 66.8 Å². The van der Waals surface area contributed by atoms with E-state index in [-0.39, 0.29) is 29.0 Å². The van der Waals surface area contributed by atoms with Gasteiger partial charge in [-0.3, -0.25) is 19.3 Å². The third-order valence-electron chi connectivity index (χ3n) is 5.38. The molecular weight excluding hydrogens is 515 g/mol. The fraction of sp³-hybridized carbons (Fsp3) is 0.292. The Hall–Kier alpha value is -2.72. The van der Waals surface area contributed by atoms with Crippen molar-refractivity contribution in [3.63, 3.8) is 0 Å². The van der Waals surface area contributed by atoms with Crippen LogP contribution in [0.3, 0.4) is 0 Å². The lowest BCUT2D eigenvalue weighted by atomic mass is 10.1. The van der Waals surface area contributed by atoms with E-state index in [9.17, 15) is 14.4 Å². The topological polar surface area (TPSA) is 85.4 Å². The largest absolute Gasteiger partial charge is 0.493 e. The standard InChI is InChI=1S/C24H22Cl2N2O6S/c1-32-19-11-16(10-18(26)22(19)34-14-15-2-4-17(25)5-3-15)12-20-23(30)28(24(31)35-20)13-21(29)27-6-8-33-9-7-27/h2-5,10-12H,6-9,13-14H2,1H3/b20-12+. The number of carbonyl (C=O) groups excluding carboxylic acids is 3. The Morgan fingerprint density at radius 3 is 2.54 bits per heavy atom. The Morgan fingerprint density at radius 1 is 1.14 bits per heavy atom. The Morgan fingerprint density at radius 2 is 1.86 bits per heavy atom. The van der Waals surface area contributed by atoms with Gasteiger partial charge >= 0.3 is 0 Å². The molecule has 0 spiro atoms. The molecule has 0 N–H and O–H groups in total. The molecule has 0 radical (unpaired) electrons. The van der Waals surface area contributed by atoms with Crippen LogP contribution in [0.1, 0.15) is 11.1 Å². The van der Waals surface area contributed by atoms with Gasteiger partial charge in [0.25, 0.3) is 11.1 Å². The maximum absolute atomic E-state index is 12.9. The van der Waals surface area contributed by atoms with Gasteiger partial charge in [0.2, 0.25) is 5.91 Å². The summed E-state index contributed by atoms with van der Waals surface area (Å²) in [5.41, 5.74) is 1.45. The minimum absolute atomic E-state index is 0.192. The van der Waals surface area contributed by atoms with Crippen LogP contribution in [0.5, 0.6) is 11.5 Å². The molecule has 0 aromatic heterocycles. The number of benzene rings is 2. The number of methoxy groups -OCH3 is 1. The first-order valence-electron chi connectivity index (χ1n) is 10.7. The molecule has 2 fully saturated rings. The van der Waals surface area contributed by atoms with Gasteiger partial charge in [-0.1, -0.05) is 35.3 Å². The molecule has 2 aromatic carbocycles. The second-order valence-corrected chi connectivity index (χ2v) is 9.55. The highest BCUT2D eigenvalue weighted by Crippen LogP contribution is 2.39. The lowest BCUT2D eigenvalue weighted by Gasteiger charge is -2.28. The van der Waals surface area contributed by atoms with Crippen molar-refractivity contribution < 1.29 is 28.6 Å². The fourth-order valence-corrected chi connectivity index (χ4v) is 4.77. The molecule has 3 amide bonds. The first kappa shape index (κ1) is 25.4. The van der Waals surface area contributed by atoms with Gasteiger partial charge in [-0.05, 0) is 53.2 Å². The summed E-state index contributed by atoms with van der Waals surface area (Å²) in [5, 5.41) is 0.415. The molecule has 2 aromatic rings. The van der Waals surface area contributed by atoms with Crippen LogP contribution < -0.4 is 9.47 Å². The van der Waals surface area contributed by atoms with E-state index in [4.69, 9.17) is 37.4 Å². The van der Waals surface area contributed by atoms with Gasteiger partial charge < -0.3 is 19.1 Å². The molecule has 35 heavy (non-hydrogen) atoms. The number of carbonyl (C=O) groups is 3. The first-order valence-corrected chi connectivity index (χ1v) is 12.3. The van der Waals surface area contributed by atoms with E-state index in [2.05, 4.69) is 0 Å². The zero-order chi connectivity index (χ0) is 24.9. The molecule has 184 valence electrons. The predicted molar refractivity (Wildman–Crippen MR) is 134 cm³/mol. The van der Waals surface area contributed by atoms with E-state index in [1.807, 2.05) is 12.1 Å². The minimum Gasteiger partial charge on any atom is -0.493 e. The molecule has 2 aliphatic heterocycles. The number of ether oxygens (including phenoxy) is 3. The monoisotopic (exact) mass is 536 g/mol. The maximum Gasteiger partial charge on any atom is 0.294 e. The van der Waals surface area contributed by atoms with Gasteiger partial charge in [-0.15, -0.1) is 0 Å². The highest BCUT2D eigenvalue weighted by atomic mass is 35.5. The number of imide groups is 1. The highest BCUT2D eigenvalue weighted by molar-refractivity contribution is 8.18. The van der Waals surface area contributed by atoms with E-state index < -0.39 is 11.1 Å². The second-order valence-electron chi connectivity index (χ2n) is 7.71. The van der Waals surface area contributed by atoms with Crippen LogP contribution in [0.25, 0.3) is 6.08 Å². The molecule has 4 rings (SSSR count). The molecule has 8 nitrogen and oxygen atoms in total. The van der Waals surface area contributed by atoms with Gasteiger partial charge in [0.15, 0.2) is 11.5 Å². The van der Waals surface area contributed by atoms with Gasteiger partial charge in [0, 0.05) is 18.1 Å². The predicted octanol–water partition coefficient (Wildman–Crippen LogP) is 4.48. The number of thioether (sulfide) groups is 1. The molecule has 0 unspecified atom stereocenters. The lowest BCUT2D eigenvalue weighted by Crippen LogP contribution is -2.46. The van der Waals surface area contributed by atoms with Crippen molar-refractivity contribution >= 4 is 58.1 Å². The summed E-state index contributed by atoms with van der Waals surface area (Å²) in [6.07, 6.45) is 1.54. The Kier molecular flexibility index (Phi) is 8.22. The Balaban J connectivity index is 1.47. The van der Waals surface area contributed by atoms with E-state index in [1.54, 1.807) is 35.2 Å². The molecule has 2 saturated heterocycles. The van der Waals surface area contributed by atoms with Crippen LogP contribution in [0.2, 0.25) is 10.0 Å². The number of hydrogen-bond acceptors (Lipinski definition) is 7. The number of morpholine rings is 1. The van der Waals surface area contributed by atoms with Crippen LogP contribution in [0.15, 0.2) is 41.3 Å². The molecule has 0 atom stereocenters. The zero-order valence-electron chi connectivity index (χ0n) is 18.8. The Bertz CT molecular complexity index is 1170. The summed E-state index contributed by atoms with van der Waals surface area (Å²) in [6, 6.07) is 10.5. The second kappa shape index (κ2) is 11.3. The SMILES string of the molecule is COc1cc(/C=C2/SC(=O)N(CC(=O)N3CCOCC3)C2=O)cc(Cl)c1OCc1ccc(Cl)cc1. The number of rotatable bonds is 7. The third-order valence-corrected chi connectivity index (χ3v) is 6.82. The number of amides is 3. The highest BCUT2D eigenvalue weighted by Gasteiger charge is 2.37. The molecule has 0 bridgehead atoms. The normalized spacial score (nSPS) is 17.3. The smallest absolute Gasteiger partial charge is 0.294 e. The van der Waals surface area contributed by atoms with Crippen LogP contribution in [0, 0.1) is 0 Å². The van der Waals surface area contributed by atoms with Gasteiger partial charge in [-0.2, -0.15) is 0 Å². The number of hydrogen-bond donors (Lipinski definition) is 0. The summed E-state index contributed by atoms with van der Waals surface area (Å²) in [4.78, 5) is 40.5. The van der Waals surface area contributed by atoms with E-state index in [1.165, 1.54) is 7.11 Å². The molecule has 0 aliphatic carbocycles. The molecule has 2 aliphatic rings. The third kappa shape index (κ3) is 6.10. The summed E-state index contributed by atoms with van der Waals surface area (Å²) in [7, 11) is 1.48.